The zero-order valence-corrected chi connectivity index (χ0v) is 6.91. The maximum atomic E-state index is 10.7. The van der Waals surface area contributed by atoms with Crippen molar-refractivity contribution < 1.29 is 14.3 Å². The summed E-state index contributed by atoms with van der Waals surface area (Å²) in [5.41, 5.74) is 0. The van der Waals surface area contributed by atoms with Crippen molar-refractivity contribution in [1.29, 1.82) is 0 Å². The lowest BCUT2D eigenvalue weighted by molar-refractivity contribution is -0.129. The maximum absolute atomic E-state index is 10.7. The molecule has 1 aliphatic heterocycles. The Bertz CT molecular complexity index is 160. The van der Waals surface area contributed by atoms with Crippen LogP contribution in [0.1, 0.15) is 19.3 Å². The molecule has 1 heterocycles. The second-order valence-electron chi connectivity index (χ2n) is 2.96. The average Bonchev–Trinajstić information content (AvgIpc) is 2.09. The molecule has 0 aromatic rings. The van der Waals surface area contributed by atoms with Gasteiger partial charge in [-0.3, -0.25) is 9.59 Å². The van der Waals surface area contributed by atoms with Crippen molar-refractivity contribution in [2.45, 2.75) is 19.3 Å². The fourth-order valence-corrected chi connectivity index (χ4v) is 1.31. The second-order valence-corrected chi connectivity index (χ2v) is 2.96. The molecule has 1 aliphatic rings. The molecule has 1 N–H and O–H groups in total. The number of hydrogen-bond donors (Lipinski definition) is 1. The number of carbonyl (C=O) groups excluding carboxylic acids is 2. The Morgan fingerprint density at radius 2 is 2.50 bits per heavy atom. The van der Waals surface area contributed by atoms with Crippen LogP contribution in [0, 0.1) is 5.92 Å². The molecule has 0 bridgehead atoms. The van der Waals surface area contributed by atoms with Gasteiger partial charge in [-0.15, -0.1) is 0 Å². The Hall–Kier alpha value is -1.06. The molecule has 12 heavy (non-hydrogen) atoms. The smallest absolute Gasteiger partial charge is 0.293 e. The first kappa shape index (κ1) is 9.03. The molecule has 4 heteroatoms. The van der Waals surface area contributed by atoms with Crippen molar-refractivity contribution in [3.63, 3.8) is 0 Å². The molecular formula is C8H13NO3. The predicted molar refractivity (Wildman–Crippen MR) is 42.4 cm³/mol. The number of carbonyl (C=O) groups is 2. The van der Waals surface area contributed by atoms with E-state index in [-0.39, 0.29) is 5.91 Å². The summed E-state index contributed by atoms with van der Waals surface area (Å²) in [5.74, 6) is 0.602. The molecule has 1 atom stereocenters. The molecule has 1 fully saturated rings. The van der Waals surface area contributed by atoms with Crippen LogP contribution in [-0.4, -0.2) is 25.5 Å². The molecule has 0 radical (unpaired) electrons. The van der Waals surface area contributed by atoms with Gasteiger partial charge < -0.3 is 10.1 Å². The van der Waals surface area contributed by atoms with E-state index < -0.39 is 0 Å². The summed E-state index contributed by atoms with van der Waals surface area (Å²) in [6.07, 6.45) is 2.36. The summed E-state index contributed by atoms with van der Waals surface area (Å²) in [4.78, 5) is 20.5. The third kappa shape index (κ3) is 2.90. The van der Waals surface area contributed by atoms with Crippen molar-refractivity contribution in [2.75, 3.05) is 13.2 Å². The van der Waals surface area contributed by atoms with E-state index in [1.54, 1.807) is 0 Å². The van der Waals surface area contributed by atoms with Gasteiger partial charge in [0.25, 0.3) is 6.47 Å². The third-order valence-electron chi connectivity index (χ3n) is 2.08. The minimum Gasteiger partial charge on any atom is -0.468 e. The van der Waals surface area contributed by atoms with E-state index >= 15 is 0 Å². The fourth-order valence-electron chi connectivity index (χ4n) is 1.31. The largest absolute Gasteiger partial charge is 0.468 e. The van der Waals surface area contributed by atoms with Gasteiger partial charge in [-0.2, -0.15) is 0 Å². The van der Waals surface area contributed by atoms with Crippen LogP contribution in [-0.2, 0) is 14.3 Å². The topological polar surface area (TPSA) is 55.4 Å². The van der Waals surface area contributed by atoms with E-state index in [1.807, 2.05) is 0 Å². The zero-order valence-electron chi connectivity index (χ0n) is 6.91. The van der Waals surface area contributed by atoms with E-state index in [0.29, 0.717) is 25.4 Å². The van der Waals surface area contributed by atoms with Crippen LogP contribution in [0.25, 0.3) is 0 Å². The third-order valence-corrected chi connectivity index (χ3v) is 2.08. The van der Waals surface area contributed by atoms with E-state index in [0.717, 1.165) is 19.4 Å². The predicted octanol–water partition coefficient (Wildman–Crippen LogP) is 0.0757. The normalized spacial score (nSPS) is 23.0. The molecule has 1 unspecified atom stereocenters. The zero-order chi connectivity index (χ0) is 8.81. The number of ether oxygens (including phenoxy) is 1. The molecular weight excluding hydrogens is 158 g/mol. The number of amides is 1. The summed E-state index contributed by atoms with van der Waals surface area (Å²) in [6.45, 7) is 1.65. The number of rotatable bonds is 4. The Kier molecular flexibility index (Phi) is 3.57. The first-order valence-corrected chi connectivity index (χ1v) is 4.15. The first-order chi connectivity index (χ1) is 5.83. The van der Waals surface area contributed by atoms with Crippen molar-refractivity contribution in [3.05, 3.63) is 0 Å². The van der Waals surface area contributed by atoms with Gasteiger partial charge in [0, 0.05) is 13.0 Å². The minimum atomic E-state index is 0.127. The molecule has 1 saturated heterocycles. The lowest BCUT2D eigenvalue weighted by Crippen LogP contribution is -2.35. The van der Waals surface area contributed by atoms with Gasteiger partial charge in [-0.05, 0) is 18.8 Å². The molecule has 0 aromatic carbocycles. The second kappa shape index (κ2) is 4.74. The highest BCUT2D eigenvalue weighted by Gasteiger charge is 2.17. The Morgan fingerprint density at radius 1 is 1.67 bits per heavy atom. The SMILES string of the molecule is O=COCCC1CCC(=O)NC1. The highest BCUT2D eigenvalue weighted by molar-refractivity contribution is 5.76. The van der Waals surface area contributed by atoms with Crippen molar-refractivity contribution in [3.8, 4) is 0 Å². The Morgan fingerprint density at radius 3 is 3.08 bits per heavy atom. The molecule has 1 amide bonds. The number of hydrogen-bond acceptors (Lipinski definition) is 3. The van der Waals surface area contributed by atoms with Crippen LogP contribution in [0.3, 0.4) is 0 Å². The summed E-state index contributed by atoms with van der Waals surface area (Å²) in [6, 6.07) is 0. The lowest BCUT2D eigenvalue weighted by Gasteiger charge is -2.21. The fraction of sp³-hybridized carbons (Fsp3) is 0.750. The molecule has 68 valence electrons. The highest BCUT2D eigenvalue weighted by atomic mass is 16.5. The van der Waals surface area contributed by atoms with E-state index in [1.165, 1.54) is 0 Å². The Balaban J connectivity index is 2.09. The highest BCUT2D eigenvalue weighted by Crippen LogP contribution is 2.13. The standard InChI is InChI=1S/C8H13NO3/c10-6-12-4-3-7-1-2-8(11)9-5-7/h6-7H,1-5H2,(H,9,11). The van der Waals surface area contributed by atoms with Crippen LogP contribution < -0.4 is 5.32 Å². The molecule has 1 rings (SSSR count). The summed E-state index contributed by atoms with van der Waals surface area (Å²) >= 11 is 0. The number of piperidine rings is 1. The van der Waals surface area contributed by atoms with Gasteiger partial charge in [-0.1, -0.05) is 0 Å². The van der Waals surface area contributed by atoms with Crippen LogP contribution in [0.4, 0.5) is 0 Å². The lowest BCUT2D eigenvalue weighted by atomic mass is 9.96. The molecule has 0 aliphatic carbocycles. The van der Waals surface area contributed by atoms with Gasteiger partial charge in [0.05, 0.1) is 6.61 Å². The maximum Gasteiger partial charge on any atom is 0.293 e. The van der Waals surface area contributed by atoms with Crippen molar-refractivity contribution >= 4 is 12.4 Å². The van der Waals surface area contributed by atoms with E-state index in [9.17, 15) is 9.59 Å². The summed E-state index contributed by atoms with van der Waals surface area (Å²) in [5, 5.41) is 2.78. The molecule has 0 saturated carbocycles. The first-order valence-electron chi connectivity index (χ1n) is 4.15. The number of nitrogens with one attached hydrogen (secondary N) is 1. The average molecular weight is 171 g/mol. The van der Waals surface area contributed by atoms with Crippen molar-refractivity contribution in [1.82, 2.24) is 5.32 Å². The van der Waals surface area contributed by atoms with Gasteiger partial charge in [0.15, 0.2) is 0 Å². The summed E-state index contributed by atoms with van der Waals surface area (Å²) in [7, 11) is 0. The van der Waals surface area contributed by atoms with E-state index in [4.69, 9.17) is 0 Å². The monoisotopic (exact) mass is 171 g/mol. The molecule has 0 aromatic heterocycles. The minimum absolute atomic E-state index is 0.127. The van der Waals surface area contributed by atoms with Crippen LogP contribution in [0.15, 0.2) is 0 Å². The van der Waals surface area contributed by atoms with Gasteiger partial charge in [-0.25, -0.2) is 0 Å². The van der Waals surface area contributed by atoms with Crippen LogP contribution >= 0.6 is 0 Å². The Labute approximate surface area is 71.3 Å². The van der Waals surface area contributed by atoms with Crippen LogP contribution in [0.2, 0.25) is 0 Å². The quantitative estimate of drug-likeness (QED) is 0.481. The molecule has 4 nitrogen and oxygen atoms in total. The van der Waals surface area contributed by atoms with E-state index in [2.05, 4.69) is 10.1 Å². The van der Waals surface area contributed by atoms with Crippen LogP contribution in [0.5, 0.6) is 0 Å². The van der Waals surface area contributed by atoms with Gasteiger partial charge >= 0.3 is 0 Å². The van der Waals surface area contributed by atoms with Crippen molar-refractivity contribution in [2.24, 2.45) is 5.92 Å². The van der Waals surface area contributed by atoms with Gasteiger partial charge in [0.1, 0.15) is 0 Å². The van der Waals surface area contributed by atoms with Gasteiger partial charge in [0.2, 0.25) is 5.91 Å². The summed E-state index contributed by atoms with van der Waals surface area (Å²) < 4.78 is 4.57. The molecule has 0 spiro atoms.